The fraction of sp³-hybridized carbons (Fsp3) is 0.0667. The van der Waals surface area contributed by atoms with Crippen LogP contribution in [0.3, 0.4) is 0 Å². The van der Waals surface area contributed by atoms with Crippen molar-refractivity contribution >= 4 is 28.2 Å². The molecular weight excluding hydrogens is 282 g/mol. The molecule has 0 aliphatic carbocycles. The summed E-state index contributed by atoms with van der Waals surface area (Å²) in [5.74, 6) is -1.20. The number of aromatic amines is 1. The lowest BCUT2D eigenvalue weighted by molar-refractivity contribution is 0.584. The lowest BCUT2D eigenvalue weighted by Gasteiger charge is -2.06. The average molecular weight is 293 g/mol. The zero-order valence-electron chi connectivity index (χ0n) is 10.4. The van der Waals surface area contributed by atoms with E-state index < -0.39 is 11.6 Å². The number of hydrogen-bond acceptors (Lipinski definition) is 1. The van der Waals surface area contributed by atoms with Crippen LogP contribution in [0, 0.1) is 11.6 Å². The van der Waals surface area contributed by atoms with E-state index in [1.54, 1.807) is 0 Å². The van der Waals surface area contributed by atoms with E-state index in [2.05, 4.69) is 10.3 Å². The summed E-state index contributed by atoms with van der Waals surface area (Å²) < 4.78 is 26.2. The maximum absolute atomic E-state index is 13.1. The van der Waals surface area contributed by atoms with Crippen molar-refractivity contribution in [3.05, 3.63) is 64.8 Å². The van der Waals surface area contributed by atoms with Crippen molar-refractivity contribution in [1.29, 1.82) is 0 Å². The van der Waals surface area contributed by atoms with E-state index >= 15 is 0 Å². The van der Waals surface area contributed by atoms with E-state index in [1.165, 1.54) is 12.1 Å². The lowest BCUT2D eigenvalue weighted by atomic mass is 10.1. The molecular formula is C15H11ClF2N2. The normalized spacial score (nSPS) is 10.9. The number of hydrogen-bond donors (Lipinski definition) is 2. The summed E-state index contributed by atoms with van der Waals surface area (Å²) in [5, 5.41) is 4.69. The molecule has 0 radical (unpaired) electrons. The number of fused-ring (bicyclic) bond motifs is 1. The quantitative estimate of drug-likeness (QED) is 0.719. The summed E-state index contributed by atoms with van der Waals surface area (Å²) in [6.45, 7) is 0.463. The summed E-state index contributed by atoms with van der Waals surface area (Å²) >= 11 is 5.92. The smallest absolute Gasteiger partial charge is 0.128 e. The molecule has 1 aromatic heterocycles. The van der Waals surface area contributed by atoms with Gasteiger partial charge in [0, 0.05) is 40.4 Å². The SMILES string of the molecule is Fc1cc(F)cc(NCc2c[nH]c3cc(Cl)ccc23)c1. The maximum Gasteiger partial charge on any atom is 0.128 e. The van der Waals surface area contributed by atoms with Crippen LogP contribution in [0.5, 0.6) is 0 Å². The fourth-order valence-electron chi connectivity index (χ4n) is 2.16. The minimum atomic E-state index is -0.599. The van der Waals surface area contributed by atoms with Crippen molar-refractivity contribution in [2.75, 3.05) is 5.32 Å². The Morgan fingerprint density at radius 2 is 1.80 bits per heavy atom. The third-order valence-corrected chi connectivity index (χ3v) is 3.31. The van der Waals surface area contributed by atoms with Crippen molar-refractivity contribution in [3.63, 3.8) is 0 Å². The summed E-state index contributed by atoms with van der Waals surface area (Å²) in [4.78, 5) is 3.12. The number of anilines is 1. The molecule has 0 aliphatic rings. The van der Waals surface area contributed by atoms with E-state index in [0.29, 0.717) is 17.3 Å². The van der Waals surface area contributed by atoms with Crippen molar-refractivity contribution in [2.45, 2.75) is 6.54 Å². The van der Waals surface area contributed by atoms with Crippen LogP contribution in [0.2, 0.25) is 5.02 Å². The second-order valence-corrected chi connectivity index (χ2v) is 4.95. The molecule has 0 saturated heterocycles. The zero-order chi connectivity index (χ0) is 14.1. The van der Waals surface area contributed by atoms with Gasteiger partial charge in [-0.15, -0.1) is 0 Å². The number of H-pyrrole nitrogens is 1. The Balaban J connectivity index is 1.83. The van der Waals surface area contributed by atoms with Crippen LogP contribution in [0.4, 0.5) is 14.5 Å². The minimum absolute atomic E-state index is 0.408. The summed E-state index contributed by atoms with van der Waals surface area (Å²) in [6, 6.07) is 8.92. The molecule has 3 aromatic rings. The van der Waals surface area contributed by atoms with Crippen LogP contribution in [0.15, 0.2) is 42.6 Å². The van der Waals surface area contributed by atoms with E-state index in [4.69, 9.17) is 11.6 Å². The molecule has 20 heavy (non-hydrogen) atoms. The molecule has 0 fully saturated rings. The van der Waals surface area contributed by atoms with Gasteiger partial charge in [-0.25, -0.2) is 8.78 Å². The van der Waals surface area contributed by atoms with Gasteiger partial charge >= 0.3 is 0 Å². The van der Waals surface area contributed by atoms with E-state index in [0.717, 1.165) is 22.5 Å². The van der Waals surface area contributed by atoms with Crippen LogP contribution < -0.4 is 5.32 Å². The summed E-state index contributed by atoms with van der Waals surface area (Å²) in [6.07, 6.45) is 1.85. The predicted octanol–water partition coefficient (Wildman–Crippen LogP) is 4.71. The lowest BCUT2D eigenvalue weighted by Crippen LogP contribution is -1.99. The first-order valence-electron chi connectivity index (χ1n) is 6.07. The zero-order valence-corrected chi connectivity index (χ0v) is 11.1. The van der Waals surface area contributed by atoms with Gasteiger partial charge in [0.25, 0.3) is 0 Å². The monoisotopic (exact) mass is 292 g/mol. The largest absolute Gasteiger partial charge is 0.381 e. The first-order chi connectivity index (χ1) is 9.61. The van der Waals surface area contributed by atoms with Crippen molar-refractivity contribution < 1.29 is 8.78 Å². The Hall–Kier alpha value is -2.07. The van der Waals surface area contributed by atoms with E-state index in [1.807, 2.05) is 24.4 Å². The highest BCUT2D eigenvalue weighted by Crippen LogP contribution is 2.23. The summed E-state index contributed by atoms with van der Waals surface area (Å²) in [5.41, 5.74) is 2.34. The second kappa shape index (κ2) is 5.13. The molecule has 2 aromatic carbocycles. The van der Waals surface area contributed by atoms with Crippen LogP contribution >= 0.6 is 11.6 Å². The van der Waals surface area contributed by atoms with Crippen molar-refractivity contribution in [1.82, 2.24) is 4.98 Å². The number of benzene rings is 2. The molecule has 0 atom stereocenters. The maximum atomic E-state index is 13.1. The number of halogens is 3. The highest BCUT2D eigenvalue weighted by molar-refractivity contribution is 6.31. The minimum Gasteiger partial charge on any atom is -0.381 e. The fourth-order valence-corrected chi connectivity index (χ4v) is 2.33. The topological polar surface area (TPSA) is 27.8 Å². The standard InChI is InChI=1S/C15H11ClF2N2/c16-10-1-2-14-9(8-20-15(14)3-10)7-19-13-5-11(17)4-12(18)6-13/h1-6,8,19-20H,7H2. The molecule has 2 N–H and O–H groups in total. The Morgan fingerprint density at radius 1 is 1.05 bits per heavy atom. The summed E-state index contributed by atoms with van der Waals surface area (Å²) in [7, 11) is 0. The molecule has 2 nitrogen and oxygen atoms in total. The molecule has 0 amide bonds. The second-order valence-electron chi connectivity index (χ2n) is 4.52. The first kappa shape index (κ1) is 12.9. The van der Waals surface area contributed by atoms with Crippen LogP contribution in [-0.2, 0) is 6.54 Å². The highest BCUT2D eigenvalue weighted by Gasteiger charge is 2.05. The highest BCUT2D eigenvalue weighted by atomic mass is 35.5. The van der Waals surface area contributed by atoms with Gasteiger partial charge in [-0.1, -0.05) is 17.7 Å². The van der Waals surface area contributed by atoms with Gasteiger partial charge in [0.15, 0.2) is 0 Å². The molecule has 0 spiro atoms. The van der Waals surface area contributed by atoms with Gasteiger partial charge < -0.3 is 10.3 Å². The third kappa shape index (κ3) is 2.60. The van der Waals surface area contributed by atoms with Gasteiger partial charge in [0.1, 0.15) is 11.6 Å². The number of rotatable bonds is 3. The first-order valence-corrected chi connectivity index (χ1v) is 6.45. The molecule has 0 bridgehead atoms. The Morgan fingerprint density at radius 3 is 2.55 bits per heavy atom. The van der Waals surface area contributed by atoms with Crippen molar-refractivity contribution in [2.24, 2.45) is 0 Å². The Kier molecular flexibility index (Phi) is 3.32. The molecule has 0 saturated carbocycles. The predicted molar refractivity (Wildman–Crippen MR) is 77.0 cm³/mol. The molecule has 1 heterocycles. The molecule has 0 unspecified atom stereocenters. The molecule has 3 rings (SSSR count). The van der Waals surface area contributed by atoms with Gasteiger partial charge in [-0.3, -0.25) is 0 Å². The van der Waals surface area contributed by atoms with Gasteiger partial charge in [0.05, 0.1) is 0 Å². The van der Waals surface area contributed by atoms with E-state index in [9.17, 15) is 8.78 Å². The average Bonchev–Trinajstić information content (AvgIpc) is 2.77. The third-order valence-electron chi connectivity index (χ3n) is 3.07. The Bertz CT molecular complexity index is 747. The molecule has 5 heteroatoms. The van der Waals surface area contributed by atoms with Crippen LogP contribution in [0.25, 0.3) is 10.9 Å². The van der Waals surface area contributed by atoms with Gasteiger partial charge in [-0.2, -0.15) is 0 Å². The van der Waals surface area contributed by atoms with Crippen molar-refractivity contribution in [3.8, 4) is 0 Å². The molecule has 0 aliphatic heterocycles. The van der Waals surface area contributed by atoms with Gasteiger partial charge in [0.2, 0.25) is 0 Å². The van der Waals surface area contributed by atoms with Gasteiger partial charge in [-0.05, 0) is 29.8 Å². The van der Waals surface area contributed by atoms with E-state index in [-0.39, 0.29) is 0 Å². The van der Waals surface area contributed by atoms with Crippen LogP contribution in [0.1, 0.15) is 5.56 Å². The number of aromatic nitrogens is 1. The Labute approximate surface area is 119 Å². The van der Waals surface area contributed by atoms with Crippen LogP contribution in [-0.4, -0.2) is 4.98 Å². The molecule has 102 valence electrons. The number of nitrogens with one attached hydrogen (secondary N) is 2.